The van der Waals surface area contributed by atoms with Crippen molar-refractivity contribution < 1.29 is 12.8 Å². The Kier molecular flexibility index (Phi) is 3.37. The van der Waals surface area contributed by atoms with Crippen LogP contribution in [0.4, 0.5) is 15.1 Å². The van der Waals surface area contributed by atoms with Gasteiger partial charge in [-0.1, -0.05) is 16.1 Å². The molecule has 6 nitrogen and oxygen atoms in total. The van der Waals surface area contributed by atoms with Crippen molar-refractivity contribution in [3.63, 3.8) is 0 Å². The number of nitrogens with zero attached hydrogens (tertiary/aromatic N) is 2. The molecule has 2 rings (SSSR count). The zero-order valence-electron chi connectivity index (χ0n) is 8.59. The molecule has 1 heterocycles. The molecule has 0 fully saturated rings. The molecule has 0 aliphatic carbocycles. The van der Waals surface area contributed by atoms with Gasteiger partial charge >= 0.3 is 0 Å². The highest BCUT2D eigenvalue weighted by molar-refractivity contribution is 7.93. The van der Waals surface area contributed by atoms with Crippen molar-refractivity contribution in [2.75, 3.05) is 10.5 Å². The van der Waals surface area contributed by atoms with Crippen molar-refractivity contribution >= 4 is 43.8 Å². The first kappa shape index (κ1) is 13.0. The van der Waals surface area contributed by atoms with Crippen molar-refractivity contribution in [2.24, 2.45) is 0 Å². The Labute approximate surface area is 111 Å². The lowest BCUT2D eigenvalue weighted by Gasteiger charge is -2.08. The number of rotatable bonds is 3. The molecule has 0 amide bonds. The molecule has 0 unspecified atom stereocenters. The summed E-state index contributed by atoms with van der Waals surface area (Å²) < 4.78 is 43.1. The topological polar surface area (TPSA) is 98.0 Å². The van der Waals surface area contributed by atoms with Crippen LogP contribution >= 0.6 is 23.1 Å². The lowest BCUT2D eigenvalue weighted by molar-refractivity contribution is 0.573. The summed E-state index contributed by atoms with van der Waals surface area (Å²) in [6.45, 7) is 0. The van der Waals surface area contributed by atoms with Crippen LogP contribution in [0.3, 0.4) is 0 Å². The van der Waals surface area contributed by atoms with Crippen LogP contribution in [0.2, 0.25) is 5.02 Å². The van der Waals surface area contributed by atoms with Crippen LogP contribution in [-0.2, 0) is 10.0 Å². The average Bonchev–Trinajstić information content (AvgIpc) is 2.75. The van der Waals surface area contributed by atoms with Gasteiger partial charge in [0.2, 0.25) is 0 Å². The molecule has 1 aromatic heterocycles. The number of hydrogen-bond acceptors (Lipinski definition) is 6. The van der Waals surface area contributed by atoms with E-state index in [1.807, 2.05) is 0 Å². The van der Waals surface area contributed by atoms with Crippen LogP contribution in [0.1, 0.15) is 0 Å². The Morgan fingerprint density at radius 2 is 2.17 bits per heavy atom. The Morgan fingerprint density at radius 1 is 1.44 bits per heavy atom. The second kappa shape index (κ2) is 4.67. The standard InChI is InChI=1S/C8H6ClFN4O2S2/c9-4-1-5(11)8(10)6(2-4)18(15,16)13-7-3-12-14-17-7/h1-3,13H,11H2. The third-order valence-electron chi connectivity index (χ3n) is 1.92. The predicted octanol–water partition coefficient (Wildman–Crippen LogP) is 1.71. The van der Waals surface area contributed by atoms with Gasteiger partial charge in [0.15, 0.2) is 5.82 Å². The summed E-state index contributed by atoms with van der Waals surface area (Å²) in [5.41, 5.74) is 4.98. The fourth-order valence-corrected chi connectivity index (χ4v) is 3.29. The van der Waals surface area contributed by atoms with E-state index in [-0.39, 0.29) is 15.7 Å². The number of nitrogens with two attached hydrogens (primary N) is 1. The number of aromatic nitrogens is 2. The fourth-order valence-electron chi connectivity index (χ4n) is 1.18. The van der Waals surface area contributed by atoms with Crippen molar-refractivity contribution in [1.82, 2.24) is 9.59 Å². The van der Waals surface area contributed by atoms with Gasteiger partial charge in [-0.25, -0.2) is 12.8 Å². The van der Waals surface area contributed by atoms with E-state index in [2.05, 4.69) is 14.3 Å². The summed E-state index contributed by atoms with van der Waals surface area (Å²) in [6.07, 6.45) is 1.20. The van der Waals surface area contributed by atoms with Gasteiger partial charge < -0.3 is 5.73 Å². The van der Waals surface area contributed by atoms with Gasteiger partial charge in [-0.15, -0.1) is 5.10 Å². The summed E-state index contributed by atoms with van der Waals surface area (Å²) in [6, 6.07) is 2.11. The van der Waals surface area contributed by atoms with E-state index >= 15 is 0 Å². The molecule has 0 spiro atoms. The lowest BCUT2D eigenvalue weighted by Crippen LogP contribution is -2.14. The van der Waals surface area contributed by atoms with E-state index in [0.29, 0.717) is 0 Å². The van der Waals surface area contributed by atoms with Crippen molar-refractivity contribution in [2.45, 2.75) is 4.90 Å². The van der Waals surface area contributed by atoms with Gasteiger partial charge in [-0.2, -0.15) is 0 Å². The first-order valence-corrected chi connectivity index (χ1v) is 7.08. The Hall–Kier alpha value is -1.45. The molecule has 0 saturated carbocycles. The van der Waals surface area contributed by atoms with E-state index in [9.17, 15) is 12.8 Å². The normalized spacial score (nSPS) is 11.4. The van der Waals surface area contributed by atoms with E-state index in [1.54, 1.807) is 0 Å². The number of hydrogen-bond donors (Lipinski definition) is 2. The quantitative estimate of drug-likeness (QED) is 0.841. The number of anilines is 2. The molecule has 2 aromatic rings. The van der Waals surface area contributed by atoms with Crippen LogP contribution in [0.25, 0.3) is 0 Å². The first-order chi connectivity index (χ1) is 8.40. The molecular formula is C8H6ClFN4O2S2. The van der Waals surface area contributed by atoms with Crippen LogP contribution in [0, 0.1) is 5.82 Å². The first-order valence-electron chi connectivity index (χ1n) is 4.45. The third-order valence-corrected chi connectivity index (χ3v) is 4.21. The Bertz CT molecular complexity index is 675. The van der Waals surface area contributed by atoms with Crippen molar-refractivity contribution in [3.8, 4) is 0 Å². The number of nitrogen functional groups attached to an aromatic ring is 1. The number of sulfonamides is 1. The van der Waals surface area contributed by atoms with Gasteiger partial charge in [0.05, 0.1) is 11.9 Å². The highest BCUT2D eigenvalue weighted by Crippen LogP contribution is 2.27. The van der Waals surface area contributed by atoms with E-state index in [4.69, 9.17) is 17.3 Å². The summed E-state index contributed by atoms with van der Waals surface area (Å²) >= 11 is 6.47. The maximum Gasteiger partial charge on any atom is 0.265 e. The largest absolute Gasteiger partial charge is 0.396 e. The van der Waals surface area contributed by atoms with Crippen molar-refractivity contribution in [3.05, 3.63) is 29.2 Å². The van der Waals surface area contributed by atoms with Crippen LogP contribution in [-0.4, -0.2) is 18.0 Å². The average molecular weight is 309 g/mol. The molecule has 0 aliphatic heterocycles. The van der Waals surface area contributed by atoms with Gasteiger partial charge in [-0.3, -0.25) is 4.72 Å². The minimum Gasteiger partial charge on any atom is -0.396 e. The molecule has 0 aliphatic rings. The molecule has 0 bridgehead atoms. The summed E-state index contributed by atoms with van der Waals surface area (Å²) in [5.74, 6) is -1.05. The van der Waals surface area contributed by atoms with E-state index in [1.165, 1.54) is 6.20 Å². The van der Waals surface area contributed by atoms with Crippen LogP contribution < -0.4 is 10.5 Å². The number of nitrogens with one attached hydrogen (secondary N) is 1. The Morgan fingerprint density at radius 3 is 2.78 bits per heavy atom. The second-order valence-electron chi connectivity index (χ2n) is 3.19. The predicted molar refractivity (Wildman–Crippen MR) is 66.5 cm³/mol. The fraction of sp³-hybridized carbons (Fsp3) is 0. The van der Waals surface area contributed by atoms with Crippen LogP contribution in [0.5, 0.6) is 0 Å². The molecule has 3 N–H and O–H groups in total. The maximum absolute atomic E-state index is 13.7. The minimum absolute atomic E-state index is 0.0247. The van der Waals surface area contributed by atoms with Gasteiger partial charge in [0.1, 0.15) is 9.90 Å². The van der Waals surface area contributed by atoms with Crippen molar-refractivity contribution in [1.29, 1.82) is 0 Å². The maximum atomic E-state index is 13.7. The number of benzene rings is 1. The highest BCUT2D eigenvalue weighted by Gasteiger charge is 2.22. The molecule has 0 atom stereocenters. The minimum atomic E-state index is -4.12. The van der Waals surface area contributed by atoms with E-state index < -0.39 is 20.7 Å². The summed E-state index contributed by atoms with van der Waals surface area (Å²) in [7, 11) is -4.12. The third kappa shape index (κ3) is 2.52. The molecule has 0 saturated heterocycles. The monoisotopic (exact) mass is 308 g/mol. The van der Waals surface area contributed by atoms with Gasteiger partial charge in [0, 0.05) is 16.6 Å². The number of halogens is 2. The van der Waals surface area contributed by atoms with Crippen LogP contribution in [0.15, 0.2) is 23.2 Å². The molecule has 1 aromatic carbocycles. The molecule has 96 valence electrons. The summed E-state index contributed by atoms with van der Waals surface area (Å²) in [5, 5.41) is 3.64. The molecule has 10 heteroatoms. The zero-order chi connectivity index (χ0) is 13.3. The molecule has 18 heavy (non-hydrogen) atoms. The lowest BCUT2D eigenvalue weighted by atomic mass is 10.3. The van der Waals surface area contributed by atoms with Gasteiger partial charge in [-0.05, 0) is 12.1 Å². The SMILES string of the molecule is Nc1cc(Cl)cc(S(=O)(=O)Nc2cnns2)c1F. The highest BCUT2D eigenvalue weighted by atomic mass is 35.5. The molecule has 0 radical (unpaired) electrons. The molecular weight excluding hydrogens is 303 g/mol. The zero-order valence-corrected chi connectivity index (χ0v) is 11.0. The second-order valence-corrected chi connectivity index (χ2v) is 6.07. The smallest absolute Gasteiger partial charge is 0.265 e. The summed E-state index contributed by atoms with van der Waals surface area (Å²) in [4.78, 5) is -0.624. The Balaban J connectivity index is 2.48. The van der Waals surface area contributed by atoms with Gasteiger partial charge in [0.25, 0.3) is 10.0 Å². The van der Waals surface area contributed by atoms with E-state index in [0.717, 1.165) is 23.7 Å².